The summed E-state index contributed by atoms with van der Waals surface area (Å²) in [6.45, 7) is 0.321. The molecule has 5 nitrogen and oxygen atoms in total. The van der Waals surface area contributed by atoms with E-state index in [9.17, 15) is 14.7 Å². The molecule has 0 unspecified atom stereocenters. The first kappa shape index (κ1) is 16.2. The number of rotatable bonds is 4. The van der Waals surface area contributed by atoms with Gasteiger partial charge in [-0.05, 0) is 5.56 Å². The quantitative estimate of drug-likeness (QED) is 0.598. The SMILES string of the molecule is O=C(O)c1csc2nc(-c3ccccc3)n(Cc3ccccc3)c(=O)c12. The predicted molar refractivity (Wildman–Crippen MR) is 102 cm³/mol. The zero-order valence-electron chi connectivity index (χ0n) is 13.6. The number of carboxylic acid groups (broad SMARTS) is 1. The molecule has 6 heteroatoms. The lowest BCUT2D eigenvalue weighted by atomic mass is 10.1. The van der Waals surface area contributed by atoms with Gasteiger partial charge in [-0.15, -0.1) is 11.3 Å². The number of carbonyl (C=O) groups is 1. The minimum Gasteiger partial charge on any atom is -0.478 e. The van der Waals surface area contributed by atoms with E-state index in [0.29, 0.717) is 17.2 Å². The van der Waals surface area contributed by atoms with Crippen molar-refractivity contribution in [3.05, 3.63) is 87.5 Å². The molecular formula is C20H14N2O3S. The van der Waals surface area contributed by atoms with Gasteiger partial charge in [0, 0.05) is 10.9 Å². The largest absolute Gasteiger partial charge is 0.478 e. The smallest absolute Gasteiger partial charge is 0.337 e. The third-order valence-electron chi connectivity index (χ3n) is 4.14. The summed E-state index contributed by atoms with van der Waals surface area (Å²) in [4.78, 5) is 29.7. The topological polar surface area (TPSA) is 72.2 Å². The van der Waals surface area contributed by atoms with E-state index in [1.165, 1.54) is 16.7 Å². The molecule has 2 aromatic heterocycles. The minimum atomic E-state index is -1.12. The van der Waals surface area contributed by atoms with Gasteiger partial charge in [0.05, 0.1) is 17.5 Å². The summed E-state index contributed by atoms with van der Waals surface area (Å²) in [5, 5.41) is 11.0. The summed E-state index contributed by atoms with van der Waals surface area (Å²) in [5.74, 6) is -0.584. The summed E-state index contributed by atoms with van der Waals surface area (Å²) < 4.78 is 1.55. The van der Waals surface area contributed by atoms with Crippen molar-refractivity contribution in [2.75, 3.05) is 0 Å². The maximum absolute atomic E-state index is 13.2. The maximum atomic E-state index is 13.2. The van der Waals surface area contributed by atoms with Crippen molar-refractivity contribution in [3.63, 3.8) is 0 Å². The summed E-state index contributed by atoms with van der Waals surface area (Å²) >= 11 is 1.17. The molecule has 0 radical (unpaired) electrons. The molecule has 0 spiro atoms. The van der Waals surface area contributed by atoms with Gasteiger partial charge in [0.15, 0.2) is 0 Å². The fourth-order valence-electron chi connectivity index (χ4n) is 2.90. The van der Waals surface area contributed by atoms with Gasteiger partial charge in [-0.3, -0.25) is 9.36 Å². The first-order valence-corrected chi connectivity index (χ1v) is 8.88. The Hall–Kier alpha value is -3.25. The number of aromatic nitrogens is 2. The van der Waals surface area contributed by atoms with Crippen LogP contribution < -0.4 is 5.56 Å². The van der Waals surface area contributed by atoms with E-state index >= 15 is 0 Å². The molecule has 0 aliphatic heterocycles. The Balaban J connectivity index is 2.01. The second-order valence-electron chi connectivity index (χ2n) is 5.81. The van der Waals surface area contributed by atoms with Crippen molar-refractivity contribution < 1.29 is 9.90 Å². The summed E-state index contributed by atoms with van der Waals surface area (Å²) in [5.41, 5.74) is 1.42. The molecule has 1 N–H and O–H groups in total. The van der Waals surface area contributed by atoms with Crippen LogP contribution in [0.15, 0.2) is 70.8 Å². The van der Waals surface area contributed by atoms with E-state index in [2.05, 4.69) is 4.98 Å². The molecule has 0 fully saturated rings. The molecule has 0 saturated carbocycles. The third-order valence-corrected chi connectivity index (χ3v) is 5.01. The van der Waals surface area contributed by atoms with Crippen LogP contribution in [-0.4, -0.2) is 20.6 Å². The molecule has 0 bridgehead atoms. The second kappa shape index (κ2) is 6.57. The van der Waals surface area contributed by atoms with Crippen LogP contribution in [0.1, 0.15) is 15.9 Å². The number of carboxylic acids is 1. The number of nitrogens with zero attached hydrogens (tertiary/aromatic N) is 2. The highest BCUT2D eigenvalue weighted by Crippen LogP contribution is 2.25. The summed E-state index contributed by atoms with van der Waals surface area (Å²) in [6, 6.07) is 19.0. The van der Waals surface area contributed by atoms with E-state index in [0.717, 1.165) is 11.1 Å². The van der Waals surface area contributed by atoms with Crippen molar-refractivity contribution in [3.8, 4) is 11.4 Å². The molecule has 26 heavy (non-hydrogen) atoms. The third kappa shape index (κ3) is 2.80. The highest BCUT2D eigenvalue weighted by atomic mass is 32.1. The van der Waals surface area contributed by atoms with Gasteiger partial charge in [0.1, 0.15) is 10.7 Å². The first-order chi connectivity index (χ1) is 12.6. The van der Waals surface area contributed by atoms with Gasteiger partial charge in [0.2, 0.25) is 0 Å². The lowest BCUT2D eigenvalue weighted by Crippen LogP contribution is -2.24. The minimum absolute atomic E-state index is 0.00363. The number of fused-ring (bicyclic) bond motifs is 1. The van der Waals surface area contributed by atoms with E-state index in [1.807, 2.05) is 60.7 Å². The molecule has 4 rings (SSSR count). The number of aromatic carboxylic acids is 1. The van der Waals surface area contributed by atoms with Crippen LogP contribution in [0.5, 0.6) is 0 Å². The zero-order valence-corrected chi connectivity index (χ0v) is 14.4. The monoisotopic (exact) mass is 362 g/mol. The Bertz CT molecular complexity index is 1150. The van der Waals surface area contributed by atoms with Crippen LogP contribution in [-0.2, 0) is 6.54 Å². The standard InChI is InChI=1S/C20H14N2O3S/c23-19-16-15(20(24)25)12-26-18(16)21-17(14-9-5-2-6-10-14)22(19)11-13-7-3-1-4-8-13/h1-10,12H,11H2,(H,24,25). The molecule has 0 saturated heterocycles. The number of hydrogen-bond donors (Lipinski definition) is 1. The Kier molecular flexibility index (Phi) is 4.10. The number of thiophene rings is 1. The van der Waals surface area contributed by atoms with Gasteiger partial charge in [-0.1, -0.05) is 60.7 Å². The van der Waals surface area contributed by atoms with Crippen LogP contribution in [0.4, 0.5) is 0 Å². The maximum Gasteiger partial charge on any atom is 0.337 e. The Morgan fingerprint density at radius 1 is 1.04 bits per heavy atom. The van der Waals surface area contributed by atoms with Crippen LogP contribution in [0.25, 0.3) is 21.6 Å². The Morgan fingerprint density at radius 3 is 2.35 bits per heavy atom. The Morgan fingerprint density at radius 2 is 1.69 bits per heavy atom. The van der Waals surface area contributed by atoms with Gasteiger partial charge >= 0.3 is 5.97 Å². The van der Waals surface area contributed by atoms with E-state index in [4.69, 9.17) is 0 Å². The van der Waals surface area contributed by atoms with Crippen molar-refractivity contribution in [1.82, 2.24) is 9.55 Å². The Labute approximate surface area is 152 Å². The highest BCUT2D eigenvalue weighted by Gasteiger charge is 2.20. The predicted octanol–water partition coefficient (Wildman–Crippen LogP) is 3.87. The van der Waals surface area contributed by atoms with Crippen LogP contribution in [0, 0.1) is 0 Å². The molecule has 128 valence electrons. The second-order valence-corrected chi connectivity index (χ2v) is 6.67. The molecule has 2 aromatic carbocycles. The molecular weight excluding hydrogens is 348 g/mol. The molecule has 0 atom stereocenters. The van der Waals surface area contributed by atoms with Crippen molar-refractivity contribution in [1.29, 1.82) is 0 Å². The summed E-state index contributed by atoms with van der Waals surface area (Å²) in [6.07, 6.45) is 0. The van der Waals surface area contributed by atoms with Crippen LogP contribution in [0.2, 0.25) is 0 Å². The highest BCUT2D eigenvalue weighted by molar-refractivity contribution is 7.17. The van der Waals surface area contributed by atoms with Crippen LogP contribution in [0.3, 0.4) is 0 Å². The van der Waals surface area contributed by atoms with E-state index in [1.54, 1.807) is 4.57 Å². The lowest BCUT2D eigenvalue weighted by Gasteiger charge is -2.13. The average Bonchev–Trinajstić information content (AvgIpc) is 3.10. The molecule has 0 amide bonds. The lowest BCUT2D eigenvalue weighted by molar-refractivity contribution is 0.0699. The number of hydrogen-bond acceptors (Lipinski definition) is 4. The molecule has 4 aromatic rings. The van der Waals surface area contributed by atoms with Gasteiger partial charge in [-0.2, -0.15) is 0 Å². The van der Waals surface area contributed by atoms with Crippen LogP contribution >= 0.6 is 11.3 Å². The fraction of sp³-hybridized carbons (Fsp3) is 0.0500. The van der Waals surface area contributed by atoms with E-state index < -0.39 is 5.97 Å². The van der Waals surface area contributed by atoms with E-state index in [-0.39, 0.29) is 16.5 Å². The molecule has 2 heterocycles. The fourth-order valence-corrected chi connectivity index (χ4v) is 3.80. The van der Waals surface area contributed by atoms with Gasteiger partial charge < -0.3 is 5.11 Å². The van der Waals surface area contributed by atoms with Crippen molar-refractivity contribution in [2.45, 2.75) is 6.54 Å². The zero-order chi connectivity index (χ0) is 18.1. The first-order valence-electron chi connectivity index (χ1n) is 8.00. The van der Waals surface area contributed by atoms with Gasteiger partial charge in [0.25, 0.3) is 5.56 Å². The van der Waals surface area contributed by atoms with Gasteiger partial charge in [-0.25, -0.2) is 9.78 Å². The summed E-state index contributed by atoms with van der Waals surface area (Å²) in [7, 11) is 0. The normalized spacial score (nSPS) is 10.9. The van der Waals surface area contributed by atoms with Crippen molar-refractivity contribution in [2.24, 2.45) is 0 Å². The average molecular weight is 362 g/mol. The molecule has 0 aliphatic rings. The molecule has 0 aliphatic carbocycles. The van der Waals surface area contributed by atoms with Crippen molar-refractivity contribution >= 4 is 27.5 Å². The number of benzene rings is 2.